The van der Waals surface area contributed by atoms with E-state index in [-0.39, 0.29) is 5.91 Å². The molecule has 2 atom stereocenters. The lowest BCUT2D eigenvalue weighted by molar-refractivity contribution is -0.111. The Hall–Kier alpha value is -3.02. The van der Waals surface area contributed by atoms with Gasteiger partial charge in [-0.3, -0.25) is 9.78 Å². The monoisotopic (exact) mass is 324 g/mol. The molecule has 1 aliphatic rings. The third-order valence-corrected chi connectivity index (χ3v) is 4.21. The highest BCUT2D eigenvalue weighted by atomic mass is 16.4. The van der Waals surface area contributed by atoms with Gasteiger partial charge < -0.3 is 14.2 Å². The molecular formula is C18H16N2O4. The van der Waals surface area contributed by atoms with Crippen LogP contribution in [0, 0.1) is 5.92 Å². The van der Waals surface area contributed by atoms with Crippen LogP contribution in [0.3, 0.4) is 0 Å². The summed E-state index contributed by atoms with van der Waals surface area (Å²) < 4.78 is 10.6. The summed E-state index contributed by atoms with van der Waals surface area (Å²) in [4.78, 5) is 25.7. The van der Waals surface area contributed by atoms with E-state index in [0.29, 0.717) is 34.4 Å². The Labute approximate surface area is 137 Å². The van der Waals surface area contributed by atoms with E-state index in [1.54, 1.807) is 24.3 Å². The number of amides is 1. The molecular weight excluding hydrogens is 308 g/mol. The topological polar surface area (TPSA) is 88.2 Å². The number of nitrogens with one attached hydrogen (secondary N) is 2. The molecule has 1 amide bonds. The standard InChI is InChI=1S/C18H16N2O4/c1-10-8-13(10)15-6-3-12(23-15)4-7-17(21)19-11-2-5-16-14(9-11)20-18(22)24-16/h2-7,9-10,13H,8H2,1H3,(H,19,21)(H,20,22)/b7-4-/t10-,13-/m1/s1. The van der Waals surface area contributed by atoms with E-state index in [1.807, 2.05) is 12.1 Å². The SMILES string of the molecule is C[C@@H]1C[C@H]1c1ccc(/C=C\C(=O)Nc2ccc3oc(=O)[nH]c3c2)o1. The number of aromatic nitrogens is 1. The van der Waals surface area contributed by atoms with Crippen LogP contribution >= 0.6 is 0 Å². The van der Waals surface area contributed by atoms with E-state index in [4.69, 9.17) is 8.83 Å². The summed E-state index contributed by atoms with van der Waals surface area (Å²) in [5, 5.41) is 2.73. The quantitative estimate of drug-likeness (QED) is 0.719. The molecule has 0 saturated heterocycles. The molecule has 1 aromatic carbocycles. The zero-order valence-corrected chi connectivity index (χ0v) is 13.0. The van der Waals surface area contributed by atoms with Gasteiger partial charge in [-0.2, -0.15) is 0 Å². The van der Waals surface area contributed by atoms with Crippen LogP contribution in [0.4, 0.5) is 5.69 Å². The van der Waals surface area contributed by atoms with E-state index in [0.717, 1.165) is 12.2 Å². The summed E-state index contributed by atoms with van der Waals surface area (Å²) in [6.45, 7) is 2.19. The molecule has 1 fully saturated rings. The molecule has 122 valence electrons. The van der Waals surface area contributed by atoms with Gasteiger partial charge in [-0.05, 0) is 48.7 Å². The molecule has 6 heteroatoms. The first kappa shape index (κ1) is 14.6. The van der Waals surface area contributed by atoms with Gasteiger partial charge in [0.25, 0.3) is 0 Å². The Morgan fingerprint density at radius 3 is 2.92 bits per heavy atom. The highest BCUT2D eigenvalue weighted by Gasteiger charge is 2.36. The number of carbonyl (C=O) groups is 1. The van der Waals surface area contributed by atoms with Crippen LogP contribution < -0.4 is 11.1 Å². The van der Waals surface area contributed by atoms with Crippen LogP contribution in [0.2, 0.25) is 0 Å². The van der Waals surface area contributed by atoms with Crippen LogP contribution in [-0.2, 0) is 4.79 Å². The third kappa shape index (κ3) is 2.90. The van der Waals surface area contributed by atoms with E-state index >= 15 is 0 Å². The zero-order chi connectivity index (χ0) is 16.7. The molecule has 1 saturated carbocycles. The van der Waals surface area contributed by atoms with Crippen molar-refractivity contribution < 1.29 is 13.6 Å². The lowest BCUT2D eigenvalue weighted by Gasteiger charge is -2.01. The lowest BCUT2D eigenvalue weighted by atomic mass is 10.2. The van der Waals surface area contributed by atoms with Gasteiger partial charge in [0, 0.05) is 17.7 Å². The molecule has 6 nitrogen and oxygen atoms in total. The van der Waals surface area contributed by atoms with E-state index in [1.165, 1.54) is 6.08 Å². The molecule has 0 bridgehead atoms. The van der Waals surface area contributed by atoms with Gasteiger partial charge >= 0.3 is 5.76 Å². The van der Waals surface area contributed by atoms with Crippen LogP contribution in [0.1, 0.15) is 30.8 Å². The van der Waals surface area contributed by atoms with Crippen molar-refractivity contribution in [3.63, 3.8) is 0 Å². The van der Waals surface area contributed by atoms with Crippen molar-refractivity contribution in [3.8, 4) is 0 Å². The number of carbonyl (C=O) groups excluding carboxylic acids is 1. The number of hydrogen-bond acceptors (Lipinski definition) is 4. The smallest absolute Gasteiger partial charge is 0.417 e. The Morgan fingerprint density at radius 1 is 1.29 bits per heavy atom. The normalized spacial score (nSPS) is 19.9. The number of benzene rings is 1. The second kappa shape index (κ2) is 5.56. The predicted octanol–water partition coefficient (Wildman–Crippen LogP) is 3.49. The highest BCUT2D eigenvalue weighted by Crippen LogP contribution is 2.47. The maximum Gasteiger partial charge on any atom is 0.417 e. The number of anilines is 1. The van der Waals surface area contributed by atoms with E-state index in [2.05, 4.69) is 17.2 Å². The molecule has 2 N–H and O–H groups in total. The lowest BCUT2D eigenvalue weighted by Crippen LogP contribution is -2.07. The molecule has 3 aromatic rings. The molecule has 2 heterocycles. The number of H-pyrrole nitrogens is 1. The number of hydrogen-bond donors (Lipinski definition) is 2. The Balaban J connectivity index is 1.43. The Bertz CT molecular complexity index is 992. The van der Waals surface area contributed by atoms with Crippen LogP contribution in [0.25, 0.3) is 17.2 Å². The van der Waals surface area contributed by atoms with Crippen molar-refractivity contribution >= 4 is 28.8 Å². The maximum atomic E-state index is 12.0. The molecule has 0 radical (unpaired) electrons. The number of oxazole rings is 1. The van der Waals surface area contributed by atoms with Gasteiger partial charge in [-0.15, -0.1) is 0 Å². The molecule has 24 heavy (non-hydrogen) atoms. The minimum atomic E-state index is -0.521. The maximum absolute atomic E-state index is 12.0. The second-order valence-electron chi connectivity index (χ2n) is 6.11. The minimum absolute atomic E-state index is 0.280. The fourth-order valence-electron chi connectivity index (χ4n) is 2.75. The van der Waals surface area contributed by atoms with Crippen LogP contribution in [0.15, 0.2) is 50.0 Å². The van der Waals surface area contributed by atoms with Gasteiger partial charge in [0.2, 0.25) is 5.91 Å². The first-order valence-electron chi connectivity index (χ1n) is 7.80. The molecule has 1 aliphatic carbocycles. The summed E-state index contributed by atoms with van der Waals surface area (Å²) >= 11 is 0. The Kier molecular flexibility index (Phi) is 3.37. The molecule has 2 aromatic heterocycles. The summed E-state index contributed by atoms with van der Waals surface area (Å²) in [5.41, 5.74) is 1.56. The number of furan rings is 1. The van der Waals surface area contributed by atoms with Crippen molar-refractivity contribution in [2.75, 3.05) is 5.32 Å². The number of fused-ring (bicyclic) bond motifs is 1. The van der Waals surface area contributed by atoms with Gasteiger partial charge in [-0.25, -0.2) is 4.79 Å². The Morgan fingerprint density at radius 2 is 2.12 bits per heavy atom. The summed E-state index contributed by atoms with van der Waals surface area (Å²) in [5.74, 6) is 2.04. The van der Waals surface area contributed by atoms with Gasteiger partial charge in [0.1, 0.15) is 11.5 Å². The van der Waals surface area contributed by atoms with E-state index < -0.39 is 5.76 Å². The van der Waals surface area contributed by atoms with Crippen molar-refractivity contribution in [2.24, 2.45) is 5.92 Å². The number of rotatable bonds is 4. The average molecular weight is 324 g/mol. The highest BCUT2D eigenvalue weighted by molar-refractivity contribution is 6.02. The first-order valence-corrected chi connectivity index (χ1v) is 7.80. The minimum Gasteiger partial charge on any atom is -0.461 e. The predicted molar refractivity (Wildman–Crippen MR) is 89.7 cm³/mol. The van der Waals surface area contributed by atoms with Crippen molar-refractivity contribution in [2.45, 2.75) is 19.3 Å². The fraction of sp³-hybridized carbons (Fsp3) is 0.222. The van der Waals surface area contributed by atoms with Crippen molar-refractivity contribution in [3.05, 3.63) is 58.5 Å². The summed E-state index contributed by atoms with van der Waals surface area (Å²) in [6, 6.07) is 8.78. The van der Waals surface area contributed by atoms with Crippen molar-refractivity contribution in [1.82, 2.24) is 4.98 Å². The summed E-state index contributed by atoms with van der Waals surface area (Å²) in [7, 11) is 0. The number of aromatic amines is 1. The van der Waals surface area contributed by atoms with Crippen LogP contribution in [0.5, 0.6) is 0 Å². The van der Waals surface area contributed by atoms with E-state index in [9.17, 15) is 9.59 Å². The van der Waals surface area contributed by atoms with Gasteiger partial charge in [0.05, 0.1) is 5.52 Å². The zero-order valence-electron chi connectivity index (χ0n) is 13.0. The van der Waals surface area contributed by atoms with Gasteiger partial charge in [-0.1, -0.05) is 6.92 Å². The third-order valence-electron chi connectivity index (χ3n) is 4.21. The molecule has 4 rings (SSSR count). The van der Waals surface area contributed by atoms with Gasteiger partial charge in [0.15, 0.2) is 5.58 Å². The molecule has 0 aliphatic heterocycles. The molecule has 0 unspecified atom stereocenters. The fourth-order valence-corrected chi connectivity index (χ4v) is 2.75. The largest absolute Gasteiger partial charge is 0.461 e. The van der Waals surface area contributed by atoms with Crippen molar-refractivity contribution in [1.29, 1.82) is 0 Å². The second-order valence-corrected chi connectivity index (χ2v) is 6.11. The van der Waals surface area contributed by atoms with Crippen LogP contribution in [-0.4, -0.2) is 10.9 Å². The molecule has 0 spiro atoms. The first-order chi connectivity index (χ1) is 11.6. The summed E-state index contributed by atoms with van der Waals surface area (Å²) in [6.07, 6.45) is 4.22. The average Bonchev–Trinajstić information content (AvgIpc) is 2.97.